The van der Waals surface area contributed by atoms with E-state index in [0.717, 1.165) is 0 Å². The van der Waals surface area contributed by atoms with Crippen molar-refractivity contribution < 1.29 is 23.8 Å². The van der Waals surface area contributed by atoms with Crippen LogP contribution in [0.2, 0.25) is 0 Å². The normalized spacial score (nSPS) is 25.9. The average Bonchev–Trinajstić information content (AvgIpc) is 3.09. The molecule has 1 aliphatic carbocycles. The minimum atomic E-state index is -0.800. The summed E-state index contributed by atoms with van der Waals surface area (Å²) in [6.45, 7) is 5.60. The molecule has 0 aromatic carbocycles. The van der Waals surface area contributed by atoms with E-state index in [2.05, 4.69) is 27.3 Å². The first-order valence-corrected chi connectivity index (χ1v) is 9.69. The molecule has 1 heterocycles. The van der Waals surface area contributed by atoms with E-state index in [1.165, 1.54) is 19.3 Å². The number of Topliss-reactive ketones (excluding diaryl/α,β-unsaturated/α-hetero) is 1. The van der Waals surface area contributed by atoms with Crippen molar-refractivity contribution in [2.45, 2.75) is 43.5 Å². The van der Waals surface area contributed by atoms with Crippen LogP contribution in [0.3, 0.4) is 0 Å². The Morgan fingerprint density at radius 1 is 1.50 bits per heavy atom. The zero-order valence-corrected chi connectivity index (χ0v) is 17.4. The molecule has 1 aromatic rings. The lowest BCUT2D eigenvalue weighted by atomic mass is 9.94. The van der Waals surface area contributed by atoms with Gasteiger partial charge in [-0.2, -0.15) is 0 Å². The van der Waals surface area contributed by atoms with Crippen LogP contribution in [-0.4, -0.2) is 27.9 Å². The number of halogens is 1. The Balaban J connectivity index is 2.14. The van der Waals surface area contributed by atoms with Crippen LogP contribution in [0.25, 0.3) is 0 Å². The number of ketones is 1. The van der Waals surface area contributed by atoms with E-state index in [-0.39, 0.29) is 32.9 Å². The van der Waals surface area contributed by atoms with E-state index in [9.17, 15) is 19.5 Å². The van der Waals surface area contributed by atoms with Crippen molar-refractivity contribution in [2.24, 2.45) is 11.3 Å². The van der Waals surface area contributed by atoms with Crippen LogP contribution in [0.15, 0.2) is 27.4 Å². The van der Waals surface area contributed by atoms with Crippen molar-refractivity contribution in [3.63, 3.8) is 0 Å². The molecule has 2 rings (SSSR count). The second kappa shape index (κ2) is 7.94. The standard InChI is InChI=1S/C19H23IO6/c1-10(7-5-6-8-14(22)25-4)13-9-12(21)15(18(24)26-13)17(23)19(3)11(2)16(19)20/h6,8-11,16,21H,5,7H2,1-4H3/b8-6+. The molecule has 1 saturated carbocycles. The third-order valence-corrected chi connectivity index (χ3v) is 7.59. The van der Waals surface area contributed by atoms with Crippen molar-refractivity contribution in [2.75, 3.05) is 7.11 Å². The number of carbonyl (C=O) groups excluding carboxylic acids is 2. The molecule has 4 unspecified atom stereocenters. The van der Waals surface area contributed by atoms with Crippen molar-refractivity contribution in [3.05, 3.63) is 40.0 Å². The lowest BCUT2D eigenvalue weighted by molar-refractivity contribution is -0.134. The highest BCUT2D eigenvalue weighted by molar-refractivity contribution is 14.1. The molecule has 1 aliphatic rings. The number of esters is 1. The van der Waals surface area contributed by atoms with Gasteiger partial charge in [-0.3, -0.25) is 4.79 Å². The molecule has 26 heavy (non-hydrogen) atoms. The van der Waals surface area contributed by atoms with Gasteiger partial charge in [0.25, 0.3) is 0 Å². The summed E-state index contributed by atoms with van der Waals surface area (Å²) >= 11 is 2.19. The summed E-state index contributed by atoms with van der Waals surface area (Å²) in [6, 6.07) is 1.35. The Morgan fingerprint density at radius 3 is 2.62 bits per heavy atom. The Labute approximate surface area is 165 Å². The van der Waals surface area contributed by atoms with Gasteiger partial charge in [-0.25, -0.2) is 9.59 Å². The predicted octanol–water partition coefficient (Wildman–Crippen LogP) is 3.60. The van der Waals surface area contributed by atoms with Crippen LogP contribution in [0.5, 0.6) is 5.75 Å². The smallest absolute Gasteiger partial charge is 0.350 e. The zero-order valence-electron chi connectivity index (χ0n) is 15.2. The second-order valence-electron chi connectivity index (χ2n) is 6.90. The van der Waals surface area contributed by atoms with Gasteiger partial charge in [-0.05, 0) is 18.8 Å². The number of alkyl halides is 1. The molecule has 0 spiro atoms. The van der Waals surface area contributed by atoms with E-state index in [4.69, 9.17) is 4.42 Å². The molecular formula is C19H23IO6. The molecule has 1 fully saturated rings. The van der Waals surface area contributed by atoms with Crippen molar-refractivity contribution in [1.29, 1.82) is 0 Å². The van der Waals surface area contributed by atoms with Crippen LogP contribution in [0, 0.1) is 11.3 Å². The van der Waals surface area contributed by atoms with Crippen LogP contribution < -0.4 is 5.63 Å². The van der Waals surface area contributed by atoms with Crippen LogP contribution in [-0.2, 0) is 9.53 Å². The number of aromatic hydroxyl groups is 1. The maximum atomic E-state index is 12.7. The van der Waals surface area contributed by atoms with Crippen LogP contribution >= 0.6 is 22.6 Å². The Morgan fingerprint density at radius 2 is 2.12 bits per heavy atom. The number of carbonyl (C=O) groups is 2. The highest BCUT2D eigenvalue weighted by Gasteiger charge is 2.63. The third-order valence-electron chi connectivity index (χ3n) is 5.22. The summed E-state index contributed by atoms with van der Waals surface area (Å²) in [6.07, 6.45) is 4.19. The fourth-order valence-electron chi connectivity index (χ4n) is 2.95. The summed E-state index contributed by atoms with van der Waals surface area (Å²) in [5.74, 6) is -0.822. The molecule has 0 aliphatic heterocycles. The van der Waals surface area contributed by atoms with Crippen molar-refractivity contribution in [3.8, 4) is 5.75 Å². The van der Waals surface area contributed by atoms with E-state index >= 15 is 0 Å². The molecular weight excluding hydrogens is 451 g/mol. The number of hydrogen-bond acceptors (Lipinski definition) is 6. The lowest BCUT2D eigenvalue weighted by Crippen LogP contribution is -2.24. The van der Waals surface area contributed by atoms with Gasteiger partial charge < -0.3 is 14.3 Å². The predicted molar refractivity (Wildman–Crippen MR) is 105 cm³/mol. The van der Waals surface area contributed by atoms with E-state index < -0.39 is 17.0 Å². The van der Waals surface area contributed by atoms with Gasteiger partial charge in [0.15, 0.2) is 5.78 Å². The summed E-state index contributed by atoms with van der Waals surface area (Å²) in [7, 11) is 1.30. The fourth-order valence-corrected chi connectivity index (χ4v) is 4.34. The molecule has 4 atom stereocenters. The second-order valence-corrected chi connectivity index (χ2v) is 8.24. The number of ether oxygens (including phenoxy) is 1. The number of methoxy groups -OCH3 is 1. The van der Waals surface area contributed by atoms with Gasteiger partial charge in [-0.15, -0.1) is 0 Å². The summed E-state index contributed by atoms with van der Waals surface area (Å²) in [5.41, 5.74) is -1.70. The van der Waals surface area contributed by atoms with E-state index in [1.807, 2.05) is 13.8 Å². The molecule has 1 aromatic heterocycles. The quantitative estimate of drug-likeness (QED) is 0.214. The summed E-state index contributed by atoms with van der Waals surface area (Å²) in [4.78, 5) is 36.0. The minimum absolute atomic E-state index is 0.131. The minimum Gasteiger partial charge on any atom is -0.507 e. The van der Waals surface area contributed by atoms with Gasteiger partial charge in [0.1, 0.15) is 17.1 Å². The highest BCUT2D eigenvalue weighted by atomic mass is 127. The maximum absolute atomic E-state index is 12.7. The zero-order chi connectivity index (χ0) is 19.6. The Kier molecular flexibility index (Phi) is 6.31. The molecule has 0 bridgehead atoms. The van der Waals surface area contributed by atoms with Crippen molar-refractivity contribution >= 4 is 34.3 Å². The third kappa shape index (κ3) is 3.87. The Hall–Kier alpha value is -1.64. The SMILES string of the molecule is COC(=O)/C=C/CCC(C)c1cc(O)c(C(=O)C2(C)C(C)C2I)c(=O)o1. The van der Waals surface area contributed by atoms with Gasteiger partial charge >= 0.3 is 11.6 Å². The number of rotatable bonds is 7. The molecule has 0 amide bonds. The fraction of sp³-hybridized carbons (Fsp3) is 0.526. The monoisotopic (exact) mass is 474 g/mol. The Bertz CT molecular complexity index is 786. The average molecular weight is 474 g/mol. The number of hydrogen-bond donors (Lipinski definition) is 1. The largest absolute Gasteiger partial charge is 0.507 e. The first kappa shape index (κ1) is 20.7. The highest BCUT2D eigenvalue weighted by Crippen LogP contribution is 2.59. The topological polar surface area (TPSA) is 93.8 Å². The van der Waals surface area contributed by atoms with Gasteiger partial charge in [0.05, 0.1) is 7.11 Å². The van der Waals surface area contributed by atoms with Gasteiger partial charge in [-0.1, -0.05) is 49.4 Å². The number of allylic oxidation sites excluding steroid dienone is 1. The van der Waals surface area contributed by atoms with Crippen molar-refractivity contribution in [1.82, 2.24) is 0 Å². The van der Waals surface area contributed by atoms with Gasteiger partial charge in [0, 0.05) is 27.4 Å². The maximum Gasteiger partial charge on any atom is 0.350 e. The molecule has 142 valence electrons. The van der Waals surface area contributed by atoms with Crippen LogP contribution in [0.4, 0.5) is 0 Å². The van der Waals surface area contributed by atoms with Crippen LogP contribution in [0.1, 0.15) is 55.6 Å². The summed E-state index contributed by atoms with van der Waals surface area (Å²) in [5, 5.41) is 10.3. The molecule has 1 N–H and O–H groups in total. The first-order valence-electron chi connectivity index (χ1n) is 8.44. The van der Waals surface area contributed by atoms with E-state index in [1.54, 1.807) is 13.0 Å². The molecule has 0 radical (unpaired) electrons. The summed E-state index contributed by atoms with van der Waals surface area (Å²) < 4.78 is 9.95. The molecule has 0 saturated heterocycles. The molecule has 6 nitrogen and oxygen atoms in total. The van der Waals surface area contributed by atoms with E-state index in [0.29, 0.717) is 18.6 Å². The lowest BCUT2D eigenvalue weighted by Gasteiger charge is -2.13. The van der Waals surface area contributed by atoms with Gasteiger partial charge in [0.2, 0.25) is 0 Å². The first-order chi connectivity index (χ1) is 12.1. The molecule has 7 heteroatoms.